The van der Waals surface area contributed by atoms with E-state index in [9.17, 15) is 0 Å². The van der Waals surface area contributed by atoms with E-state index in [1.165, 1.54) is 0 Å². The van der Waals surface area contributed by atoms with Crippen molar-refractivity contribution in [1.82, 2.24) is 15.1 Å². The molecule has 25 heavy (non-hydrogen) atoms. The Morgan fingerprint density at radius 3 is 2.56 bits per heavy atom. The van der Waals surface area contributed by atoms with Crippen LogP contribution in [0.25, 0.3) is 22.2 Å². The maximum absolute atomic E-state index is 6.56. The Morgan fingerprint density at radius 2 is 1.72 bits per heavy atom. The zero-order valence-electron chi connectivity index (χ0n) is 13.8. The highest BCUT2D eigenvalue weighted by Gasteiger charge is 2.24. The fourth-order valence-corrected chi connectivity index (χ4v) is 3.03. The molecule has 124 valence electrons. The number of fused-ring (bicyclic) bond motifs is 1. The van der Waals surface area contributed by atoms with Crippen LogP contribution in [0.5, 0.6) is 0 Å². The lowest BCUT2D eigenvalue weighted by atomic mass is 9.91. The molecule has 0 aliphatic carbocycles. The summed E-state index contributed by atoms with van der Waals surface area (Å²) in [6.07, 6.45) is 3.54. The molecule has 0 saturated heterocycles. The number of pyridine rings is 2. The Bertz CT molecular complexity index is 997. The van der Waals surface area contributed by atoms with Crippen molar-refractivity contribution in [3.63, 3.8) is 0 Å². The van der Waals surface area contributed by atoms with Crippen LogP contribution in [0.3, 0.4) is 0 Å². The molecule has 4 aromatic rings. The van der Waals surface area contributed by atoms with Gasteiger partial charge in [-0.2, -0.15) is 0 Å². The zero-order valence-corrected chi connectivity index (χ0v) is 13.8. The summed E-state index contributed by atoms with van der Waals surface area (Å²) in [5.41, 5.74) is 10.7. The number of nitrogens with zero attached hydrogens (tertiary/aromatic N) is 3. The van der Waals surface area contributed by atoms with Gasteiger partial charge in [-0.25, -0.2) is 0 Å². The monoisotopic (exact) mass is 330 g/mol. The minimum absolute atomic E-state index is 0.0213. The van der Waals surface area contributed by atoms with Gasteiger partial charge in [-0.15, -0.1) is 0 Å². The van der Waals surface area contributed by atoms with Gasteiger partial charge in [-0.05, 0) is 36.4 Å². The molecule has 0 saturated carbocycles. The molecule has 0 aliphatic heterocycles. The topological polar surface area (TPSA) is 77.8 Å². The molecule has 0 unspecified atom stereocenters. The van der Waals surface area contributed by atoms with Crippen LogP contribution in [-0.4, -0.2) is 15.1 Å². The van der Waals surface area contributed by atoms with Crippen molar-refractivity contribution >= 4 is 11.0 Å². The number of aromatic nitrogens is 3. The van der Waals surface area contributed by atoms with Gasteiger partial charge in [-0.1, -0.05) is 30.3 Å². The second kappa shape index (κ2) is 6.45. The predicted molar refractivity (Wildman–Crippen MR) is 96.8 cm³/mol. The molecule has 2 atom stereocenters. The van der Waals surface area contributed by atoms with Crippen molar-refractivity contribution in [2.45, 2.75) is 18.9 Å². The summed E-state index contributed by atoms with van der Waals surface area (Å²) >= 11 is 0. The normalized spacial score (nSPS) is 13.7. The lowest BCUT2D eigenvalue weighted by molar-refractivity contribution is 0.459. The minimum atomic E-state index is -0.304. The van der Waals surface area contributed by atoms with E-state index < -0.39 is 0 Å². The minimum Gasteiger partial charge on any atom is -0.356 e. The fraction of sp³-hybridized carbons (Fsp3) is 0.150. The van der Waals surface area contributed by atoms with Crippen molar-refractivity contribution in [2.24, 2.45) is 5.73 Å². The van der Waals surface area contributed by atoms with Crippen LogP contribution in [0, 0.1) is 0 Å². The SMILES string of the molecule is C[C@H](c1ccccn1)[C@H](N)c1ncccc1-c1noc2ccccc12. The van der Waals surface area contributed by atoms with E-state index >= 15 is 0 Å². The summed E-state index contributed by atoms with van der Waals surface area (Å²) in [7, 11) is 0. The molecule has 0 amide bonds. The number of para-hydroxylation sites is 1. The summed E-state index contributed by atoms with van der Waals surface area (Å²) in [4.78, 5) is 8.98. The van der Waals surface area contributed by atoms with Crippen LogP contribution in [-0.2, 0) is 0 Å². The van der Waals surface area contributed by atoms with Gasteiger partial charge in [0.15, 0.2) is 5.58 Å². The van der Waals surface area contributed by atoms with Gasteiger partial charge in [0.05, 0.1) is 11.7 Å². The number of benzene rings is 1. The maximum atomic E-state index is 6.56. The van der Waals surface area contributed by atoms with Gasteiger partial charge in [-0.3, -0.25) is 9.97 Å². The van der Waals surface area contributed by atoms with Crippen LogP contribution < -0.4 is 5.73 Å². The van der Waals surface area contributed by atoms with Gasteiger partial charge in [0.25, 0.3) is 0 Å². The second-order valence-corrected chi connectivity index (χ2v) is 6.03. The van der Waals surface area contributed by atoms with E-state index in [2.05, 4.69) is 22.0 Å². The summed E-state index contributed by atoms with van der Waals surface area (Å²) in [5, 5.41) is 5.21. The third-order valence-corrected chi connectivity index (χ3v) is 4.48. The van der Waals surface area contributed by atoms with Gasteiger partial charge < -0.3 is 10.3 Å². The van der Waals surface area contributed by atoms with Crippen molar-refractivity contribution in [2.75, 3.05) is 0 Å². The first-order chi connectivity index (χ1) is 12.3. The highest BCUT2D eigenvalue weighted by molar-refractivity contribution is 5.92. The quantitative estimate of drug-likeness (QED) is 0.610. The average Bonchev–Trinajstić information content (AvgIpc) is 3.11. The zero-order chi connectivity index (χ0) is 17.2. The lowest BCUT2D eigenvalue weighted by Gasteiger charge is -2.20. The molecule has 1 aromatic carbocycles. The molecule has 0 aliphatic rings. The van der Waals surface area contributed by atoms with E-state index in [1.54, 1.807) is 12.4 Å². The largest absolute Gasteiger partial charge is 0.356 e. The Kier molecular flexibility index (Phi) is 3.99. The number of nitrogens with two attached hydrogens (primary N) is 1. The van der Waals surface area contributed by atoms with E-state index in [0.29, 0.717) is 0 Å². The average molecular weight is 330 g/mol. The van der Waals surface area contributed by atoms with E-state index in [0.717, 1.165) is 33.6 Å². The first kappa shape index (κ1) is 15.5. The summed E-state index contributed by atoms with van der Waals surface area (Å²) in [5.74, 6) is 0.0213. The molecule has 3 heterocycles. The van der Waals surface area contributed by atoms with Crippen LogP contribution in [0.15, 0.2) is 71.5 Å². The van der Waals surface area contributed by atoms with Crippen LogP contribution in [0.4, 0.5) is 0 Å². The van der Waals surface area contributed by atoms with Crippen molar-refractivity contribution in [3.8, 4) is 11.3 Å². The molecular weight excluding hydrogens is 312 g/mol. The fourth-order valence-electron chi connectivity index (χ4n) is 3.03. The van der Waals surface area contributed by atoms with Gasteiger partial charge in [0, 0.05) is 35.0 Å². The molecule has 0 fully saturated rings. The van der Waals surface area contributed by atoms with Crippen molar-refractivity contribution in [1.29, 1.82) is 0 Å². The Hall–Kier alpha value is -3.05. The van der Waals surface area contributed by atoms with Crippen LogP contribution >= 0.6 is 0 Å². The highest BCUT2D eigenvalue weighted by atomic mass is 16.5. The maximum Gasteiger partial charge on any atom is 0.167 e. The molecule has 0 bridgehead atoms. The van der Waals surface area contributed by atoms with E-state index in [4.69, 9.17) is 10.3 Å². The smallest absolute Gasteiger partial charge is 0.167 e. The van der Waals surface area contributed by atoms with E-state index in [1.807, 2.05) is 54.6 Å². The van der Waals surface area contributed by atoms with E-state index in [-0.39, 0.29) is 12.0 Å². The van der Waals surface area contributed by atoms with Crippen LogP contribution in [0.2, 0.25) is 0 Å². The Balaban J connectivity index is 1.79. The summed E-state index contributed by atoms with van der Waals surface area (Å²) in [6.45, 7) is 2.06. The van der Waals surface area contributed by atoms with Crippen LogP contribution in [0.1, 0.15) is 30.3 Å². The molecule has 5 heteroatoms. The third kappa shape index (κ3) is 2.79. The Morgan fingerprint density at radius 1 is 0.920 bits per heavy atom. The summed E-state index contributed by atoms with van der Waals surface area (Å²) < 4.78 is 5.45. The summed E-state index contributed by atoms with van der Waals surface area (Å²) in [6, 6.07) is 17.2. The van der Waals surface area contributed by atoms with Crippen molar-refractivity contribution < 1.29 is 4.52 Å². The van der Waals surface area contributed by atoms with Gasteiger partial charge >= 0.3 is 0 Å². The number of rotatable bonds is 4. The Labute approximate surface area is 145 Å². The second-order valence-electron chi connectivity index (χ2n) is 6.03. The molecular formula is C20H18N4O. The lowest BCUT2D eigenvalue weighted by Crippen LogP contribution is -2.20. The molecule has 3 aromatic heterocycles. The molecule has 5 nitrogen and oxygen atoms in total. The standard InChI is InChI=1S/C20H18N4O/c1-13(16-9-4-5-11-22-16)18(21)20-15(8-6-12-23-20)19-14-7-2-3-10-17(14)25-24-19/h2-13,18H,21H2,1H3/t13-,18+/m1/s1. The third-order valence-electron chi connectivity index (χ3n) is 4.48. The first-order valence-electron chi connectivity index (χ1n) is 8.22. The predicted octanol–water partition coefficient (Wildman–Crippen LogP) is 4.09. The highest BCUT2D eigenvalue weighted by Crippen LogP contribution is 2.35. The molecule has 0 spiro atoms. The first-order valence-corrected chi connectivity index (χ1v) is 8.22. The van der Waals surface area contributed by atoms with Gasteiger partial charge in [0.2, 0.25) is 0 Å². The number of hydrogen-bond donors (Lipinski definition) is 1. The number of hydrogen-bond acceptors (Lipinski definition) is 5. The van der Waals surface area contributed by atoms with Crippen molar-refractivity contribution in [3.05, 3.63) is 78.4 Å². The molecule has 2 N–H and O–H groups in total. The molecule has 4 rings (SSSR count). The molecule has 0 radical (unpaired) electrons. The van der Waals surface area contributed by atoms with Gasteiger partial charge in [0.1, 0.15) is 5.69 Å².